The van der Waals surface area contributed by atoms with E-state index in [0.717, 1.165) is 22.2 Å². The van der Waals surface area contributed by atoms with Gasteiger partial charge in [0, 0.05) is 29.8 Å². The van der Waals surface area contributed by atoms with E-state index in [4.69, 9.17) is 19.9 Å². The number of benzene rings is 3. The summed E-state index contributed by atoms with van der Waals surface area (Å²) in [6, 6.07) is 21.9. The van der Waals surface area contributed by atoms with E-state index in [0.29, 0.717) is 66.9 Å². The van der Waals surface area contributed by atoms with Gasteiger partial charge in [-0.05, 0) is 85.9 Å². The van der Waals surface area contributed by atoms with E-state index in [2.05, 4.69) is 29.9 Å². The molecule has 0 radical (unpaired) electrons. The van der Waals surface area contributed by atoms with Gasteiger partial charge in [-0.15, -0.1) is 0 Å². The molecule has 1 aliphatic rings. The first-order valence-electron chi connectivity index (χ1n) is 15.9. The van der Waals surface area contributed by atoms with Crippen LogP contribution < -0.4 is 10.5 Å². The van der Waals surface area contributed by atoms with Crippen LogP contribution in [0.2, 0.25) is 0 Å². The van der Waals surface area contributed by atoms with Crippen LogP contribution in [0.25, 0.3) is 16.6 Å². The summed E-state index contributed by atoms with van der Waals surface area (Å²) in [6.07, 6.45) is 8.18. The molecule has 12 heteroatoms. The van der Waals surface area contributed by atoms with Crippen LogP contribution in [0.1, 0.15) is 37.5 Å². The summed E-state index contributed by atoms with van der Waals surface area (Å²) in [5.74, 6) is 1.75. The zero-order valence-electron chi connectivity index (χ0n) is 28.1. The van der Waals surface area contributed by atoms with Crippen LogP contribution in [0.4, 0.5) is 5.82 Å². The Hall–Kier alpha value is -5.09. The Morgan fingerprint density at radius 3 is 2.55 bits per heavy atom. The van der Waals surface area contributed by atoms with Crippen LogP contribution in [0, 0.1) is 18.3 Å². The van der Waals surface area contributed by atoms with E-state index in [9.17, 15) is 14.9 Å². The fourth-order valence-corrected chi connectivity index (χ4v) is 6.33. The van der Waals surface area contributed by atoms with Crippen molar-refractivity contribution in [3.8, 4) is 23.3 Å². The maximum Gasteiger partial charge on any atom is 0.254 e. The first-order chi connectivity index (χ1) is 23.5. The first kappa shape index (κ1) is 33.8. The van der Waals surface area contributed by atoms with Crippen LogP contribution in [0.5, 0.6) is 11.5 Å². The van der Waals surface area contributed by atoms with E-state index in [1.165, 1.54) is 10.9 Å². The number of nitriles is 1. The van der Waals surface area contributed by atoms with Crippen molar-refractivity contribution in [1.29, 1.82) is 5.26 Å². The highest BCUT2D eigenvalue weighted by Gasteiger charge is 2.25. The van der Waals surface area contributed by atoms with Crippen molar-refractivity contribution in [2.75, 3.05) is 63.2 Å². The molecule has 0 saturated carbocycles. The molecular weight excluding hydrogens is 641 g/mol. The van der Waals surface area contributed by atoms with Gasteiger partial charge in [0.15, 0.2) is 0 Å². The third-order valence-corrected chi connectivity index (χ3v) is 9.81. The highest BCUT2D eigenvalue weighted by molar-refractivity contribution is 8.32. The minimum Gasteiger partial charge on any atom is -0.456 e. The Balaban J connectivity index is 1.30. The summed E-state index contributed by atoms with van der Waals surface area (Å²) in [6.45, 7) is 4.73. The average Bonchev–Trinajstić information content (AvgIpc) is 3.66. The number of ketones is 1. The Morgan fingerprint density at radius 1 is 1.04 bits per heavy atom. The lowest BCUT2D eigenvalue weighted by Gasteiger charge is -2.26. The molecule has 5 aromatic rings. The van der Waals surface area contributed by atoms with Crippen molar-refractivity contribution in [3.63, 3.8) is 0 Å². The number of rotatable bonds is 11. The molecule has 6 rings (SSSR count). The quantitative estimate of drug-likeness (QED) is 0.138. The summed E-state index contributed by atoms with van der Waals surface area (Å²) < 4.78 is 20.9. The number of aryl methyl sites for hydroxylation is 1. The lowest BCUT2D eigenvalue weighted by atomic mass is 10.1. The van der Waals surface area contributed by atoms with Gasteiger partial charge < -0.3 is 29.4 Å². The molecule has 0 bridgehead atoms. The Kier molecular flexibility index (Phi) is 9.78. The standard InChI is InChI=1S/C37H40N6O5S/c1-25-19-29(48-34-8-6-5-7-27(34)22-38)10-12-31(25)43-36(39)30(23-40-43)35(44)33-21-28-20-26(37(45)41-13-15-46-16-14-41)9-11-32(28)42(33)24-47-17-18-49(2,3)4/h5-12,19-21,23H,13-18,24,39H2,1-4H3. The monoisotopic (exact) mass is 680 g/mol. The number of para-hydroxylation sites is 1. The molecule has 0 unspecified atom stereocenters. The molecule has 3 heterocycles. The number of anilines is 1. The molecule has 0 aliphatic carbocycles. The van der Waals surface area contributed by atoms with Gasteiger partial charge in [-0.25, -0.2) is 14.7 Å². The van der Waals surface area contributed by atoms with Gasteiger partial charge in [0.1, 0.15) is 30.1 Å². The molecule has 0 atom stereocenters. The molecule has 2 N–H and O–H groups in total. The number of carbonyl (C=O) groups excluding carboxylic acids is 2. The number of amides is 1. The fourth-order valence-electron chi connectivity index (χ4n) is 5.71. The van der Waals surface area contributed by atoms with Gasteiger partial charge in [-0.1, -0.05) is 12.1 Å². The van der Waals surface area contributed by atoms with Crippen LogP contribution in [-0.2, 0) is 16.2 Å². The van der Waals surface area contributed by atoms with Crippen LogP contribution >= 0.6 is 10.0 Å². The number of hydrogen-bond acceptors (Lipinski definition) is 8. The number of fused-ring (bicyclic) bond motifs is 1. The number of ether oxygens (including phenoxy) is 3. The lowest BCUT2D eigenvalue weighted by molar-refractivity contribution is 0.0303. The molecule has 1 saturated heterocycles. The highest BCUT2D eigenvalue weighted by Crippen LogP contribution is 2.34. The van der Waals surface area contributed by atoms with Gasteiger partial charge in [0.25, 0.3) is 5.91 Å². The molecule has 0 spiro atoms. The second kappa shape index (κ2) is 14.2. The SMILES string of the molecule is Cc1cc(Oc2ccccc2C#N)ccc1-n1ncc(C(=O)c2cc3cc(C(=O)N4CCOCC4)ccc3n2COCCS(C)(C)C)c1N. The molecular formula is C37H40N6O5S. The predicted octanol–water partition coefficient (Wildman–Crippen LogP) is 5.75. The largest absolute Gasteiger partial charge is 0.456 e. The molecule has 1 amide bonds. The summed E-state index contributed by atoms with van der Waals surface area (Å²) in [7, 11) is -0.758. The Bertz CT molecular complexity index is 2070. The van der Waals surface area contributed by atoms with Gasteiger partial charge in [-0.3, -0.25) is 9.59 Å². The summed E-state index contributed by atoms with van der Waals surface area (Å²) in [5, 5.41) is 14.7. The van der Waals surface area contributed by atoms with Crippen molar-refractivity contribution in [2.45, 2.75) is 13.7 Å². The smallest absolute Gasteiger partial charge is 0.254 e. The molecule has 49 heavy (non-hydrogen) atoms. The second-order valence-electron chi connectivity index (χ2n) is 12.8. The van der Waals surface area contributed by atoms with Crippen LogP contribution in [-0.4, -0.2) is 88.4 Å². The van der Waals surface area contributed by atoms with Crippen LogP contribution in [0.15, 0.2) is 72.9 Å². The number of nitrogens with two attached hydrogens (primary N) is 1. The second-order valence-corrected chi connectivity index (χ2v) is 17.4. The number of nitrogens with zero attached hydrogens (tertiary/aromatic N) is 5. The third-order valence-electron chi connectivity index (χ3n) is 8.42. The van der Waals surface area contributed by atoms with Crippen molar-refractivity contribution in [2.24, 2.45) is 0 Å². The van der Waals surface area contributed by atoms with E-state index in [-0.39, 0.29) is 29.8 Å². The average molecular weight is 681 g/mol. The van der Waals surface area contributed by atoms with E-state index >= 15 is 0 Å². The third kappa shape index (κ3) is 7.34. The van der Waals surface area contributed by atoms with Gasteiger partial charge >= 0.3 is 0 Å². The molecule has 1 aliphatic heterocycles. The fraction of sp³-hybridized carbons (Fsp3) is 0.297. The molecule has 254 valence electrons. The minimum atomic E-state index is -0.758. The number of hydrogen-bond donors (Lipinski definition) is 1. The molecule has 1 fully saturated rings. The maximum atomic E-state index is 14.2. The topological polar surface area (TPSA) is 138 Å². The first-order valence-corrected chi connectivity index (χ1v) is 19.0. The van der Waals surface area contributed by atoms with Gasteiger partial charge in [0.2, 0.25) is 5.78 Å². The van der Waals surface area contributed by atoms with E-state index in [1.54, 1.807) is 41.3 Å². The molecule has 2 aromatic heterocycles. The maximum absolute atomic E-state index is 14.2. The minimum absolute atomic E-state index is 0.0678. The van der Waals surface area contributed by atoms with Crippen LogP contribution in [0.3, 0.4) is 0 Å². The van der Waals surface area contributed by atoms with Crippen molar-refractivity contribution < 1.29 is 23.8 Å². The zero-order chi connectivity index (χ0) is 34.7. The summed E-state index contributed by atoms with van der Waals surface area (Å²) in [4.78, 5) is 29.3. The number of carbonyl (C=O) groups is 2. The van der Waals surface area contributed by atoms with Gasteiger partial charge in [-0.2, -0.15) is 10.4 Å². The number of nitrogen functional groups attached to an aromatic ring is 1. The Morgan fingerprint density at radius 2 is 1.82 bits per heavy atom. The Labute approximate surface area is 287 Å². The van der Waals surface area contributed by atoms with Crippen molar-refractivity contribution in [1.82, 2.24) is 19.2 Å². The normalized spacial score (nSPS) is 13.7. The summed E-state index contributed by atoms with van der Waals surface area (Å²) >= 11 is 0. The van der Waals surface area contributed by atoms with Crippen molar-refractivity contribution in [3.05, 3.63) is 101 Å². The number of morpholine rings is 1. The van der Waals surface area contributed by atoms with Gasteiger partial charge in [0.05, 0.1) is 54.0 Å². The number of aromatic nitrogens is 3. The molecule has 3 aromatic carbocycles. The van der Waals surface area contributed by atoms with Crippen molar-refractivity contribution >= 4 is 38.4 Å². The molecule has 11 nitrogen and oxygen atoms in total. The predicted molar refractivity (Wildman–Crippen MR) is 192 cm³/mol. The zero-order valence-corrected chi connectivity index (χ0v) is 29.0. The van der Waals surface area contributed by atoms with E-state index < -0.39 is 10.0 Å². The summed E-state index contributed by atoms with van der Waals surface area (Å²) in [5.41, 5.74) is 10.5. The lowest BCUT2D eigenvalue weighted by Crippen LogP contribution is -2.40. The highest BCUT2D eigenvalue weighted by atomic mass is 32.3. The van der Waals surface area contributed by atoms with E-state index in [1.807, 2.05) is 41.8 Å².